The lowest BCUT2D eigenvalue weighted by Gasteiger charge is -2.10. The van der Waals surface area contributed by atoms with Crippen molar-refractivity contribution in [2.75, 3.05) is 0 Å². The predicted molar refractivity (Wildman–Crippen MR) is 60.7 cm³/mol. The normalized spacial score (nSPS) is 12.4. The third-order valence-corrected chi connectivity index (χ3v) is 2.67. The smallest absolute Gasteiger partial charge is 0.273 e. The first-order chi connectivity index (χ1) is 8.08. The summed E-state index contributed by atoms with van der Waals surface area (Å²) in [5, 5.41) is 16.3. The van der Waals surface area contributed by atoms with Crippen LogP contribution in [0.5, 0.6) is 5.75 Å². The Bertz CT molecular complexity index is 521. The molecule has 2 aromatic rings. The molecule has 0 fully saturated rings. The summed E-state index contributed by atoms with van der Waals surface area (Å²) in [5.74, 6) is -0.284. The zero-order valence-corrected chi connectivity index (χ0v) is 10.1. The second-order valence-corrected chi connectivity index (χ2v) is 4.12. The summed E-state index contributed by atoms with van der Waals surface area (Å²) in [7, 11) is 1.70. The lowest BCUT2D eigenvalue weighted by Crippen LogP contribution is -2.27. The van der Waals surface area contributed by atoms with Crippen LogP contribution in [0.2, 0.25) is 0 Å². The molecule has 0 saturated carbocycles. The van der Waals surface area contributed by atoms with Crippen LogP contribution in [0.3, 0.4) is 0 Å². The molecule has 1 amide bonds. The number of aryl methyl sites for hydroxylation is 1. The Morgan fingerprint density at radius 3 is 2.94 bits per heavy atom. The lowest BCUT2D eigenvalue weighted by molar-refractivity contribution is 0.0934. The van der Waals surface area contributed by atoms with E-state index in [-0.39, 0.29) is 17.4 Å². The van der Waals surface area contributed by atoms with Gasteiger partial charge in [-0.2, -0.15) is 13.8 Å². The molecule has 0 radical (unpaired) electrons. The highest BCUT2D eigenvalue weighted by molar-refractivity contribution is 6.99. The van der Waals surface area contributed by atoms with E-state index >= 15 is 0 Å². The molecule has 17 heavy (non-hydrogen) atoms. The molecule has 2 heterocycles. The van der Waals surface area contributed by atoms with Gasteiger partial charge in [0.05, 0.1) is 30.2 Å². The van der Waals surface area contributed by atoms with Crippen molar-refractivity contribution in [2.45, 2.75) is 13.0 Å². The first kappa shape index (κ1) is 11.5. The molecule has 8 heteroatoms. The summed E-state index contributed by atoms with van der Waals surface area (Å²) in [6.45, 7) is 1.74. The molecule has 0 spiro atoms. The Balaban J connectivity index is 2.09. The highest BCUT2D eigenvalue weighted by Crippen LogP contribution is 2.21. The molecule has 2 N–H and O–H groups in total. The Hall–Kier alpha value is -1.96. The van der Waals surface area contributed by atoms with Gasteiger partial charge in [0, 0.05) is 7.05 Å². The molecular formula is C9H11N5O2S. The van der Waals surface area contributed by atoms with E-state index in [1.807, 2.05) is 0 Å². The fraction of sp³-hybridized carbons (Fsp3) is 0.333. The van der Waals surface area contributed by atoms with Gasteiger partial charge >= 0.3 is 0 Å². The minimum atomic E-state index is -0.398. The van der Waals surface area contributed by atoms with Crippen molar-refractivity contribution in [3.8, 4) is 5.75 Å². The van der Waals surface area contributed by atoms with Crippen LogP contribution in [0.4, 0.5) is 0 Å². The van der Waals surface area contributed by atoms with Crippen LogP contribution in [0.1, 0.15) is 29.1 Å². The highest BCUT2D eigenvalue weighted by Gasteiger charge is 2.18. The molecule has 2 rings (SSSR count). The van der Waals surface area contributed by atoms with E-state index in [1.54, 1.807) is 14.0 Å². The first-order valence-electron chi connectivity index (χ1n) is 4.89. The largest absolute Gasteiger partial charge is 0.504 e. The molecular weight excluding hydrogens is 242 g/mol. The standard InChI is InChI=1S/C9H11N5O2S/c1-5(8-7(15)4-14(2)12-8)11-9(16)6-3-10-17-13-6/h3-5,15H,1-2H3,(H,11,16)/t5-/m0/s1. The number of hydrogen-bond acceptors (Lipinski definition) is 6. The summed E-state index contributed by atoms with van der Waals surface area (Å²) in [6.07, 6.45) is 2.87. The molecule has 0 unspecified atom stereocenters. The maximum Gasteiger partial charge on any atom is 0.273 e. The summed E-state index contributed by atoms with van der Waals surface area (Å²) in [6, 6.07) is -0.398. The Labute approximate surface area is 101 Å². The molecule has 7 nitrogen and oxygen atoms in total. The van der Waals surface area contributed by atoms with E-state index < -0.39 is 6.04 Å². The fourth-order valence-corrected chi connectivity index (χ4v) is 1.82. The van der Waals surface area contributed by atoms with Crippen LogP contribution >= 0.6 is 11.7 Å². The van der Waals surface area contributed by atoms with E-state index in [9.17, 15) is 9.90 Å². The number of aromatic nitrogens is 4. The van der Waals surface area contributed by atoms with Crippen molar-refractivity contribution in [3.05, 3.63) is 23.8 Å². The van der Waals surface area contributed by atoms with Crippen LogP contribution in [0.25, 0.3) is 0 Å². The van der Waals surface area contributed by atoms with Crippen molar-refractivity contribution < 1.29 is 9.90 Å². The monoisotopic (exact) mass is 253 g/mol. The Kier molecular flexibility index (Phi) is 3.05. The van der Waals surface area contributed by atoms with E-state index in [2.05, 4.69) is 19.2 Å². The number of hydrogen-bond donors (Lipinski definition) is 2. The average molecular weight is 253 g/mol. The van der Waals surface area contributed by atoms with Gasteiger partial charge in [-0.1, -0.05) is 0 Å². The van der Waals surface area contributed by atoms with E-state index in [1.165, 1.54) is 17.1 Å². The van der Waals surface area contributed by atoms with Gasteiger partial charge in [-0.15, -0.1) is 0 Å². The van der Waals surface area contributed by atoms with Crippen molar-refractivity contribution in [1.82, 2.24) is 23.8 Å². The number of rotatable bonds is 3. The maximum atomic E-state index is 11.7. The van der Waals surface area contributed by atoms with E-state index in [0.29, 0.717) is 5.69 Å². The minimum absolute atomic E-state index is 0.0525. The number of carbonyl (C=O) groups excluding carboxylic acids is 1. The number of amides is 1. The van der Waals surface area contributed by atoms with Gasteiger partial charge < -0.3 is 10.4 Å². The SMILES string of the molecule is C[C@H](NC(=O)c1cnsn1)c1nn(C)cc1O. The zero-order valence-electron chi connectivity index (χ0n) is 9.28. The number of aromatic hydroxyl groups is 1. The van der Waals surface area contributed by atoms with E-state index in [0.717, 1.165) is 11.7 Å². The maximum absolute atomic E-state index is 11.7. The zero-order chi connectivity index (χ0) is 12.4. The van der Waals surface area contributed by atoms with Crippen LogP contribution in [0, 0.1) is 0 Å². The summed E-state index contributed by atoms with van der Waals surface area (Å²) >= 11 is 0.968. The van der Waals surface area contributed by atoms with Crippen LogP contribution in [-0.4, -0.2) is 29.5 Å². The van der Waals surface area contributed by atoms with Gasteiger partial charge in [-0.3, -0.25) is 9.48 Å². The van der Waals surface area contributed by atoms with Crippen molar-refractivity contribution >= 4 is 17.6 Å². The first-order valence-corrected chi connectivity index (χ1v) is 5.62. The topological polar surface area (TPSA) is 92.9 Å². The lowest BCUT2D eigenvalue weighted by atomic mass is 10.2. The van der Waals surface area contributed by atoms with Gasteiger partial charge in [0.15, 0.2) is 11.4 Å². The average Bonchev–Trinajstić information content (AvgIpc) is 2.87. The second-order valence-electron chi connectivity index (χ2n) is 3.56. The van der Waals surface area contributed by atoms with Crippen molar-refractivity contribution in [2.24, 2.45) is 7.05 Å². The molecule has 0 saturated heterocycles. The molecule has 0 bridgehead atoms. The van der Waals surface area contributed by atoms with Gasteiger partial charge in [0.1, 0.15) is 5.69 Å². The van der Waals surface area contributed by atoms with Gasteiger partial charge in [-0.25, -0.2) is 0 Å². The molecule has 0 aliphatic heterocycles. The molecule has 0 aromatic carbocycles. The fourth-order valence-electron chi connectivity index (χ4n) is 1.41. The van der Waals surface area contributed by atoms with Crippen molar-refractivity contribution in [3.63, 3.8) is 0 Å². The summed E-state index contributed by atoms with van der Waals surface area (Å²) in [5.41, 5.74) is 0.682. The Morgan fingerprint density at radius 1 is 1.65 bits per heavy atom. The number of nitrogens with zero attached hydrogens (tertiary/aromatic N) is 4. The van der Waals surface area contributed by atoms with Gasteiger partial charge in [0.2, 0.25) is 0 Å². The quantitative estimate of drug-likeness (QED) is 0.829. The van der Waals surface area contributed by atoms with Gasteiger partial charge in [0.25, 0.3) is 5.91 Å². The molecule has 0 aliphatic rings. The summed E-state index contributed by atoms with van der Waals surface area (Å²) in [4.78, 5) is 11.7. The molecule has 90 valence electrons. The Morgan fingerprint density at radius 2 is 2.41 bits per heavy atom. The van der Waals surface area contributed by atoms with Crippen LogP contribution in [0.15, 0.2) is 12.4 Å². The van der Waals surface area contributed by atoms with Crippen LogP contribution in [-0.2, 0) is 7.05 Å². The highest BCUT2D eigenvalue weighted by atomic mass is 32.1. The minimum Gasteiger partial charge on any atom is -0.504 e. The number of carbonyl (C=O) groups is 1. The third-order valence-electron chi connectivity index (χ3n) is 2.19. The van der Waals surface area contributed by atoms with Crippen LogP contribution < -0.4 is 5.32 Å². The number of nitrogens with one attached hydrogen (secondary N) is 1. The molecule has 1 atom stereocenters. The second kappa shape index (κ2) is 4.50. The predicted octanol–water partition coefficient (Wildman–Crippen LogP) is 0.468. The third kappa shape index (κ3) is 2.41. The van der Waals surface area contributed by atoms with Crippen molar-refractivity contribution in [1.29, 1.82) is 0 Å². The van der Waals surface area contributed by atoms with Gasteiger partial charge in [-0.05, 0) is 6.92 Å². The molecule has 0 aliphatic carbocycles. The molecule has 2 aromatic heterocycles. The summed E-state index contributed by atoms with van der Waals surface area (Å²) < 4.78 is 9.05. The van der Waals surface area contributed by atoms with E-state index in [4.69, 9.17) is 0 Å².